The summed E-state index contributed by atoms with van der Waals surface area (Å²) in [5, 5.41) is 5.74. The summed E-state index contributed by atoms with van der Waals surface area (Å²) >= 11 is 0. The van der Waals surface area contributed by atoms with Gasteiger partial charge in [0, 0.05) is 38.1 Å². The molecule has 0 radical (unpaired) electrons. The van der Waals surface area contributed by atoms with Crippen molar-refractivity contribution in [3.63, 3.8) is 0 Å². The number of pyridine rings is 1. The molecule has 1 aliphatic heterocycles. The van der Waals surface area contributed by atoms with Crippen molar-refractivity contribution in [2.24, 2.45) is 0 Å². The first kappa shape index (κ1) is 17.7. The van der Waals surface area contributed by atoms with Crippen molar-refractivity contribution >= 4 is 11.9 Å². The lowest BCUT2D eigenvalue weighted by Crippen LogP contribution is -2.42. The van der Waals surface area contributed by atoms with E-state index in [4.69, 9.17) is 4.74 Å². The zero-order valence-corrected chi connectivity index (χ0v) is 14.6. The van der Waals surface area contributed by atoms with Gasteiger partial charge in [-0.3, -0.25) is 9.78 Å². The molecule has 3 amide bonds. The minimum Gasteiger partial charge on any atom is -0.456 e. The predicted octanol–water partition coefficient (Wildman–Crippen LogP) is 2.41. The number of benzene rings is 1. The Labute approximate surface area is 152 Å². The maximum atomic E-state index is 12.7. The van der Waals surface area contributed by atoms with Crippen molar-refractivity contribution < 1.29 is 14.3 Å². The predicted molar refractivity (Wildman–Crippen MR) is 97.3 cm³/mol. The molecule has 1 aromatic heterocycles. The van der Waals surface area contributed by atoms with Gasteiger partial charge in [-0.15, -0.1) is 0 Å². The number of aromatic nitrogens is 1. The van der Waals surface area contributed by atoms with Crippen LogP contribution in [0.25, 0.3) is 0 Å². The van der Waals surface area contributed by atoms with Crippen LogP contribution in [0.4, 0.5) is 4.79 Å². The molecule has 1 fully saturated rings. The van der Waals surface area contributed by atoms with Crippen molar-refractivity contribution in [2.45, 2.75) is 19.4 Å². The van der Waals surface area contributed by atoms with E-state index in [9.17, 15) is 9.59 Å². The van der Waals surface area contributed by atoms with Crippen LogP contribution < -0.4 is 15.4 Å². The molecular weight excluding hydrogens is 332 g/mol. The zero-order valence-electron chi connectivity index (χ0n) is 14.6. The first-order valence-electron chi connectivity index (χ1n) is 8.68. The molecule has 136 valence electrons. The van der Waals surface area contributed by atoms with Crippen LogP contribution in [0.1, 0.15) is 23.7 Å². The van der Waals surface area contributed by atoms with E-state index in [1.807, 2.05) is 37.3 Å². The standard InChI is InChI=1S/C19H22N4O3/c1-2-21-19(25)23-11-9-14(13-23)22-18(24)16-12-20-10-8-17(16)26-15-6-4-3-5-7-15/h3-8,10,12,14H,2,9,11,13H2,1H3,(H,21,25)(H,22,24). The third-order valence-electron chi connectivity index (χ3n) is 4.14. The number of hydrogen-bond acceptors (Lipinski definition) is 4. The van der Waals surface area contributed by atoms with Gasteiger partial charge < -0.3 is 20.3 Å². The molecule has 1 aliphatic rings. The van der Waals surface area contributed by atoms with Crippen LogP contribution in [-0.4, -0.2) is 47.5 Å². The van der Waals surface area contributed by atoms with Crippen molar-refractivity contribution in [1.82, 2.24) is 20.5 Å². The fourth-order valence-corrected chi connectivity index (χ4v) is 2.85. The summed E-state index contributed by atoms with van der Waals surface area (Å²) in [6.45, 7) is 3.58. The number of carbonyl (C=O) groups excluding carboxylic acids is 2. The molecule has 0 spiro atoms. The normalized spacial score (nSPS) is 16.2. The van der Waals surface area contributed by atoms with Gasteiger partial charge in [-0.25, -0.2) is 4.79 Å². The number of ether oxygens (including phenoxy) is 1. The highest BCUT2D eigenvalue weighted by Gasteiger charge is 2.28. The number of amides is 3. The van der Waals surface area contributed by atoms with E-state index < -0.39 is 0 Å². The minimum atomic E-state index is -0.258. The van der Waals surface area contributed by atoms with E-state index in [0.29, 0.717) is 36.7 Å². The summed E-state index contributed by atoms with van der Waals surface area (Å²) in [6.07, 6.45) is 3.80. The Kier molecular flexibility index (Phi) is 5.68. The summed E-state index contributed by atoms with van der Waals surface area (Å²) < 4.78 is 5.81. The molecule has 1 saturated heterocycles. The molecule has 2 aromatic rings. The Hall–Kier alpha value is -3.09. The molecule has 1 aromatic carbocycles. The summed E-state index contributed by atoms with van der Waals surface area (Å²) in [5.74, 6) is 0.838. The van der Waals surface area contributed by atoms with Crippen LogP contribution in [0, 0.1) is 0 Å². The number of nitrogens with zero attached hydrogens (tertiary/aromatic N) is 2. The highest BCUT2D eigenvalue weighted by atomic mass is 16.5. The van der Waals surface area contributed by atoms with E-state index in [0.717, 1.165) is 6.42 Å². The highest BCUT2D eigenvalue weighted by molar-refractivity contribution is 5.97. The number of rotatable bonds is 5. The molecule has 7 nitrogen and oxygen atoms in total. The molecule has 3 rings (SSSR count). The smallest absolute Gasteiger partial charge is 0.317 e. The molecule has 2 heterocycles. The average Bonchev–Trinajstić information content (AvgIpc) is 3.12. The number of hydrogen-bond donors (Lipinski definition) is 2. The maximum absolute atomic E-state index is 12.7. The number of likely N-dealkylation sites (tertiary alicyclic amines) is 1. The van der Waals surface area contributed by atoms with E-state index in [1.165, 1.54) is 6.20 Å². The Morgan fingerprint density at radius 2 is 2.08 bits per heavy atom. The van der Waals surface area contributed by atoms with Gasteiger partial charge >= 0.3 is 6.03 Å². The summed E-state index contributed by atoms with van der Waals surface area (Å²) in [5.41, 5.74) is 0.368. The third-order valence-corrected chi connectivity index (χ3v) is 4.14. The molecule has 1 unspecified atom stereocenters. The fraction of sp³-hybridized carbons (Fsp3) is 0.316. The van der Waals surface area contributed by atoms with Crippen LogP contribution in [0.5, 0.6) is 11.5 Å². The lowest BCUT2D eigenvalue weighted by atomic mass is 10.2. The van der Waals surface area contributed by atoms with Crippen molar-refractivity contribution in [1.29, 1.82) is 0 Å². The van der Waals surface area contributed by atoms with Crippen LogP contribution in [0.15, 0.2) is 48.8 Å². The topological polar surface area (TPSA) is 83.6 Å². The Balaban J connectivity index is 1.65. The molecule has 7 heteroatoms. The SMILES string of the molecule is CCNC(=O)N1CCC(NC(=O)c2cnccc2Oc2ccccc2)C1. The second-order valence-electron chi connectivity index (χ2n) is 6.03. The molecule has 0 saturated carbocycles. The first-order valence-corrected chi connectivity index (χ1v) is 8.68. The van der Waals surface area contributed by atoms with Gasteiger partial charge in [0.05, 0.1) is 0 Å². The van der Waals surface area contributed by atoms with Crippen molar-refractivity contribution in [3.8, 4) is 11.5 Å². The Bertz CT molecular complexity index is 766. The molecule has 2 N–H and O–H groups in total. The number of para-hydroxylation sites is 1. The van der Waals surface area contributed by atoms with Crippen LogP contribution in [0.2, 0.25) is 0 Å². The van der Waals surface area contributed by atoms with Gasteiger partial charge in [0.2, 0.25) is 0 Å². The van der Waals surface area contributed by atoms with Crippen molar-refractivity contribution in [2.75, 3.05) is 19.6 Å². The Morgan fingerprint density at radius 3 is 2.85 bits per heavy atom. The number of urea groups is 1. The lowest BCUT2D eigenvalue weighted by Gasteiger charge is -2.17. The third kappa shape index (κ3) is 4.30. The lowest BCUT2D eigenvalue weighted by molar-refractivity contribution is 0.0935. The summed E-state index contributed by atoms with van der Waals surface area (Å²) in [4.78, 5) is 30.3. The maximum Gasteiger partial charge on any atom is 0.317 e. The summed E-state index contributed by atoms with van der Waals surface area (Å²) in [6, 6.07) is 10.8. The van der Waals surface area contributed by atoms with E-state index >= 15 is 0 Å². The second-order valence-corrected chi connectivity index (χ2v) is 6.03. The van der Waals surface area contributed by atoms with Gasteiger partial charge in [0.15, 0.2) is 0 Å². The van der Waals surface area contributed by atoms with Gasteiger partial charge in [-0.1, -0.05) is 18.2 Å². The quantitative estimate of drug-likeness (QED) is 0.864. The molecule has 0 bridgehead atoms. The summed E-state index contributed by atoms with van der Waals surface area (Å²) in [7, 11) is 0. The van der Waals surface area contributed by atoms with Crippen LogP contribution in [-0.2, 0) is 0 Å². The molecule has 1 atom stereocenters. The fourth-order valence-electron chi connectivity index (χ4n) is 2.85. The first-order chi connectivity index (χ1) is 12.7. The molecule has 0 aliphatic carbocycles. The minimum absolute atomic E-state index is 0.0881. The van der Waals surface area contributed by atoms with E-state index in [2.05, 4.69) is 15.6 Å². The average molecular weight is 354 g/mol. The molecular formula is C19H22N4O3. The van der Waals surface area contributed by atoms with Gasteiger partial charge in [0.1, 0.15) is 17.1 Å². The Morgan fingerprint density at radius 1 is 1.27 bits per heavy atom. The van der Waals surface area contributed by atoms with E-state index in [1.54, 1.807) is 17.2 Å². The van der Waals surface area contributed by atoms with Gasteiger partial charge in [0.25, 0.3) is 5.91 Å². The number of carbonyl (C=O) groups is 2. The van der Waals surface area contributed by atoms with Gasteiger partial charge in [-0.05, 0) is 31.5 Å². The van der Waals surface area contributed by atoms with E-state index in [-0.39, 0.29) is 18.0 Å². The van der Waals surface area contributed by atoms with Crippen LogP contribution >= 0.6 is 0 Å². The van der Waals surface area contributed by atoms with Crippen molar-refractivity contribution in [3.05, 3.63) is 54.4 Å². The monoisotopic (exact) mass is 354 g/mol. The molecule has 26 heavy (non-hydrogen) atoms. The van der Waals surface area contributed by atoms with Gasteiger partial charge in [-0.2, -0.15) is 0 Å². The highest BCUT2D eigenvalue weighted by Crippen LogP contribution is 2.24. The zero-order chi connectivity index (χ0) is 18.4. The largest absolute Gasteiger partial charge is 0.456 e. The number of nitrogens with one attached hydrogen (secondary N) is 2. The second kappa shape index (κ2) is 8.33. The van der Waals surface area contributed by atoms with Crippen LogP contribution in [0.3, 0.4) is 0 Å².